The lowest BCUT2D eigenvalue weighted by atomic mass is 10.2. The zero-order valence-corrected chi connectivity index (χ0v) is 14.9. The molecule has 2 aromatic heterocycles. The van der Waals surface area contributed by atoms with Crippen molar-refractivity contribution >= 4 is 39.4 Å². The number of nitrogens with one attached hydrogen (secondary N) is 1. The fraction of sp³-hybridized carbons (Fsp3) is 0.500. The Morgan fingerprint density at radius 3 is 2.76 bits per heavy atom. The first kappa shape index (κ1) is 17.4. The number of nitrogens with zero attached hydrogens (tertiary/aromatic N) is 4. The first-order valence-corrected chi connectivity index (χ1v) is 9.07. The van der Waals surface area contributed by atoms with Gasteiger partial charge in [-0.25, -0.2) is 14.8 Å². The van der Waals surface area contributed by atoms with Crippen LogP contribution >= 0.6 is 11.3 Å². The van der Waals surface area contributed by atoms with Crippen LogP contribution in [0, 0.1) is 6.92 Å². The van der Waals surface area contributed by atoms with Crippen molar-refractivity contribution in [2.75, 3.05) is 37.6 Å². The molecule has 3 rings (SSSR count). The lowest BCUT2D eigenvalue weighted by Crippen LogP contribution is -2.52. The van der Waals surface area contributed by atoms with Gasteiger partial charge in [0, 0.05) is 44.0 Å². The summed E-state index contributed by atoms with van der Waals surface area (Å²) in [7, 11) is 0. The minimum Gasteiger partial charge on any atom is -0.481 e. The van der Waals surface area contributed by atoms with E-state index in [1.807, 2.05) is 0 Å². The number of carboxylic acid groups (broad SMARTS) is 1. The van der Waals surface area contributed by atoms with Gasteiger partial charge in [0.05, 0.1) is 5.39 Å². The van der Waals surface area contributed by atoms with Crippen molar-refractivity contribution in [3.63, 3.8) is 0 Å². The summed E-state index contributed by atoms with van der Waals surface area (Å²) < 4.78 is 0. The molecule has 0 saturated carbocycles. The molecule has 2 amide bonds. The third-order valence-electron chi connectivity index (χ3n) is 4.14. The maximum atomic E-state index is 12.1. The van der Waals surface area contributed by atoms with E-state index in [9.17, 15) is 9.59 Å². The summed E-state index contributed by atoms with van der Waals surface area (Å²) in [5.41, 5.74) is 0. The molecule has 0 unspecified atom stereocenters. The number of aliphatic carboxylic acids is 1. The average Bonchev–Trinajstić information content (AvgIpc) is 2.98. The van der Waals surface area contributed by atoms with Gasteiger partial charge in [0.1, 0.15) is 17.0 Å². The number of carboxylic acids is 1. The Kier molecular flexibility index (Phi) is 5.32. The van der Waals surface area contributed by atoms with Crippen LogP contribution in [0.25, 0.3) is 10.2 Å². The minimum atomic E-state index is -0.845. The third kappa shape index (κ3) is 4.16. The van der Waals surface area contributed by atoms with Crippen molar-refractivity contribution < 1.29 is 14.7 Å². The second-order valence-electron chi connectivity index (χ2n) is 5.98. The molecule has 2 aromatic rings. The van der Waals surface area contributed by atoms with E-state index < -0.39 is 5.97 Å². The monoisotopic (exact) mass is 363 g/mol. The van der Waals surface area contributed by atoms with Crippen molar-refractivity contribution in [3.8, 4) is 0 Å². The van der Waals surface area contributed by atoms with E-state index >= 15 is 0 Å². The molecule has 0 aromatic carbocycles. The number of urea groups is 1. The summed E-state index contributed by atoms with van der Waals surface area (Å²) in [4.78, 5) is 37.5. The topological polar surface area (TPSA) is 98.7 Å². The number of hydrogen-bond acceptors (Lipinski definition) is 6. The number of piperazine rings is 1. The lowest BCUT2D eigenvalue weighted by Gasteiger charge is -2.35. The maximum absolute atomic E-state index is 12.1. The fourth-order valence-electron chi connectivity index (χ4n) is 2.88. The highest BCUT2D eigenvalue weighted by Gasteiger charge is 2.23. The van der Waals surface area contributed by atoms with E-state index in [1.165, 1.54) is 4.88 Å². The van der Waals surface area contributed by atoms with E-state index in [2.05, 4.69) is 33.2 Å². The van der Waals surface area contributed by atoms with Gasteiger partial charge < -0.3 is 20.2 Å². The van der Waals surface area contributed by atoms with Crippen LogP contribution in [-0.2, 0) is 4.79 Å². The van der Waals surface area contributed by atoms with E-state index in [0.29, 0.717) is 39.1 Å². The average molecular weight is 363 g/mol. The molecule has 9 heteroatoms. The number of rotatable bonds is 5. The highest BCUT2D eigenvalue weighted by Crippen LogP contribution is 2.30. The Bertz CT molecular complexity index is 770. The zero-order chi connectivity index (χ0) is 17.8. The van der Waals surface area contributed by atoms with Crippen LogP contribution in [0.3, 0.4) is 0 Å². The summed E-state index contributed by atoms with van der Waals surface area (Å²) in [5.74, 6) is 0.0820. The predicted octanol–water partition coefficient (Wildman–Crippen LogP) is 1.70. The second kappa shape index (κ2) is 7.64. The van der Waals surface area contributed by atoms with Crippen molar-refractivity contribution in [2.24, 2.45) is 0 Å². The Morgan fingerprint density at radius 1 is 1.28 bits per heavy atom. The normalized spacial score (nSPS) is 14.8. The van der Waals surface area contributed by atoms with E-state index in [0.717, 1.165) is 16.0 Å². The lowest BCUT2D eigenvalue weighted by molar-refractivity contribution is -0.137. The second-order valence-corrected chi connectivity index (χ2v) is 7.21. The number of thiophene rings is 1. The van der Waals surface area contributed by atoms with Gasteiger partial charge in [0.25, 0.3) is 0 Å². The van der Waals surface area contributed by atoms with Crippen LogP contribution in [0.15, 0.2) is 12.4 Å². The van der Waals surface area contributed by atoms with Gasteiger partial charge in [0.2, 0.25) is 0 Å². The number of amides is 2. The number of carbonyl (C=O) groups is 2. The van der Waals surface area contributed by atoms with E-state index in [-0.39, 0.29) is 12.5 Å². The molecular weight excluding hydrogens is 342 g/mol. The molecular formula is C16H21N5O3S. The number of aromatic nitrogens is 2. The largest absolute Gasteiger partial charge is 0.481 e. The van der Waals surface area contributed by atoms with Crippen LogP contribution in [0.1, 0.15) is 17.7 Å². The van der Waals surface area contributed by atoms with Crippen molar-refractivity contribution in [1.29, 1.82) is 0 Å². The molecule has 8 nitrogen and oxygen atoms in total. The summed E-state index contributed by atoms with van der Waals surface area (Å²) in [6.45, 7) is 5.08. The quantitative estimate of drug-likeness (QED) is 0.785. The first-order valence-electron chi connectivity index (χ1n) is 8.25. The minimum absolute atomic E-state index is 0.0673. The SMILES string of the molecule is Cc1cc2c(N3CCN(C(=O)NCCCC(=O)O)CC3)ncnc2s1. The first-order chi connectivity index (χ1) is 12.0. The fourth-order valence-corrected chi connectivity index (χ4v) is 3.73. The van der Waals surface area contributed by atoms with Crippen LogP contribution < -0.4 is 10.2 Å². The van der Waals surface area contributed by atoms with Gasteiger partial charge in [-0.05, 0) is 19.4 Å². The molecule has 134 valence electrons. The molecule has 0 bridgehead atoms. The molecule has 1 saturated heterocycles. The highest BCUT2D eigenvalue weighted by molar-refractivity contribution is 7.18. The molecule has 3 heterocycles. The smallest absolute Gasteiger partial charge is 0.317 e. The summed E-state index contributed by atoms with van der Waals surface area (Å²) in [6, 6.07) is 1.97. The standard InChI is InChI=1S/C16H21N5O3S/c1-11-9-12-14(18-10-19-15(12)25-11)20-5-7-21(8-6-20)16(24)17-4-2-3-13(22)23/h9-10H,2-8H2,1H3,(H,17,24)(H,22,23). The molecule has 1 fully saturated rings. The number of aryl methyl sites for hydroxylation is 1. The number of hydrogen-bond donors (Lipinski definition) is 2. The zero-order valence-electron chi connectivity index (χ0n) is 14.1. The molecule has 1 aliphatic rings. The summed E-state index contributed by atoms with van der Waals surface area (Å²) >= 11 is 1.65. The number of anilines is 1. The predicted molar refractivity (Wildman–Crippen MR) is 96.2 cm³/mol. The van der Waals surface area contributed by atoms with Gasteiger partial charge >= 0.3 is 12.0 Å². The Hall–Kier alpha value is -2.42. The summed E-state index contributed by atoms with van der Waals surface area (Å²) in [5, 5.41) is 12.4. The van der Waals surface area contributed by atoms with Crippen LogP contribution in [0.5, 0.6) is 0 Å². The van der Waals surface area contributed by atoms with Gasteiger partial charge in [-0.3, -0.25) is 4.79 Å². The molecule has 0 radical (unpaired) electrons. The molecule has 0 spiro atoms. The van der Waals surface area contributed by atoms with Gasteiger partial charge in [-0.2, -0.15) is 0 Å². The van der Waals surface area contributed by atoms with Gasteiger partial charge in [0.15, 0.2) is 0 Å². The van der Waals surface area contributed by atoms with Crippen LogP contribution in [-0.4, -0.2) is 64.7 Å². The van der Waals surface area contributed by atoms with Crippen LogP contribution in [0.4, 0.5) is 10.6 Å². The van der Waals surface area contributed by atoms with Crippen molar-refractivity contribution in [1.82, 2.24) is 20.2 Å². The molecule has 2 N–H and O–H groups in total. The van der Waals surface area contributed by atoms with Crippen molar-refractivity contribution in [2.45, 2.75) is 19.8 Å². The maximum Gasteiger partial charge on any atom is 0.317 e. The number of carbonyl (C=O) groups excluding carboxylic acids is 1. The Labute approximate surface area is 149 Å². The molecule has 25 heavy (non-hydrogen) atoms. The van der Waals surface area contributed by atoms with E-state index in [4.69, 9.17) is 5.11 Å². The third-order valence-corrected chi connectivity index (χ3v) is 5.10. The van der Waals surface area contributed by atoms with Gasteiger partial charge in [-0.1, -0.05) is 0 Å². The van der Waals surface area contributed by atoms with E-state index in [1.54, 1.807) is 22.6 Å². The Morgan fingerprint density at radius 2 is 2.04 bits per heavy atom. The number of fused-ring (bicyclic) bond motifs is 1. The molecule has 0 aliphatic carbocycles. The highest BCUT2D eigenvalue weighted by atomic mass is 32.1. The van der Waals surface area contributed by atoms with Gasteiger partial charge in [-0.15, -0.1) is 11.3 Å². The summed E-state index contributed by atoms with van der Waals surface area (Å²) in [6.07, 6.45) is 2.10. The molecule has 0 atom stereocenters. The Balaban J connectivity index is 1.54. The van der Waals surface area contributed by atoms with Crippen molar-refractivity contribution in [3.05, 3.63) is 17.3 Å². The molecule has 1 aliphatic heterocycles. The van der Waals surface area contributed by atoms with Crippen LogP contribution in [0.2, 0.25) is 0 Å².